The second-order valence-corrected chi connectivity index (χ2v) is 5.41. The Hall–Kier alpha value is -0.870. The molecule has 1 aromatic rings. The Labute approximate surface area is 109 Å². The van der Waals surface area contributed by atoms with Crippen molar-refractivity contribution < 1.29 is 4.74 Å². The number of benzene rings is 1. The summed E-state index contributed by atoms with van der Waals surface area (Å²) in [7, 11) is 0. The van der Waals surface area contributed by atoms with Gasteiger partial charge in [0, 0.05) is 4.47 Å². The normalized spacial score (nSPS) is 27.9. The van der Waals surface area contributed by atoms with Gasteiger partial charge in [0.05, 0.1) is 6.04 Å². The van der Waals surface area contributed by atoms with Crippen LogP contribution in [0.25, 0.3) is 0 Å². The van der Waals surface area contributed by atoms with Crippen molar-refractivity contribution in [1.82, 2.24) is 5.32 Å². The Balaban J connectivity index is 1.75. The van der Waals surface area contributed by atoms with Crippen LogP contribution in [0.5, 0.6) is 0 Å². The number of hydrogen-bond donors (Lipinski definition) is 1. The second kappa shape index (κ2) is 4.78. The van der Waals surface area contributed by atoms with Crippen molar-refractivity contribution in [1.29, 1.82) is 0 Å². The van der Waals surface area contributed by atoms with Gasteiger partial charge in [-0.25, -0.2) is 4.99 Å². The van der Waals surface area contributed by atoms with Gasteiger partial charge < -0.3 is 10.1 Å². The van der Waals surface area contributed by atoms with E-state index in [9.17, 15) is 0 Å². The lowest BCUT2D eigenvalue weighted by Crippen LogP contribution is -2.30. The van der Waals surface area contributed by atoms with Gasteiger partial charge in [-0.15, -0.1) is 0 Å². The lowest BCUT2D eigenvalue weighted by Gasteiger charge is -2.08. The van der Waals surface area contributed by atoms with Gasteiger partial charge in [0.15, 0.2) is 0 Å². The molecule has 0 bridgehead atoms. The molecule has 0 aliphatic carbocycles. The summed E-state index contributed by atoms with van der Waals surface area (Å²) >= 11 is 3.44. The first-order valence-electron chi connectivity index (χ1n) is 6.02. The number of ether oxygens (including phenoxy) is 1. The Bertz CT molecular complexity index is 424. The molecule has 2 unspecified atom stereocenters. The minimum absolute atomic E-state index is 0.167. The molecule has 0 amide bonds. The molecule has 2 atom stereocenters. The summed E-state index contributed by atoms with van der Waals surface area (Å²) in [6.45, 7) is 1.76. The maximum absolute atomic E-state index is 5.71. The maximum atomic E-state index is 5.71. The lowest BCUT2D eigenvalue weighted by molar-refractivity contribution is 0.304. The van der Waals surface area contributed by atoms with Crippen LogP contribution in [0.15, 0.2) is 33.7 Å². The topological polar surface area (TPSA) is 33.6 Å². The molecule has 3 nitrogen and oxygen atoms in total. The van der Waals surface area contributed by atoms with E-state index in [1.807, 2.05) is 0 Å². The SMILES string of the molecule is Brc1ccc(C2COC(C3CCCN3)=N2)cc1. The number of rotatable bonds is 2. The molecule has 2 aliphatic rings. The molecular weight excluding hydrogens is 280 g/mol. The Morgan fingerprint density at radius 3 is 2.82 bits per heavy atom. The molecule has 0 saturated carbocycles. The minimum atomic E-state index is 0.167. The van der Waals surface area contributed by atoms with Crippen LogP contribution in [-0.4, -0.2) is 25.1 Å². The first kappa shape index (κ1) is 11.2. The summed E-state index contributed by atoms with van der Waals surface area (Å²) < 4.78 is 6.81. The maximum Gasteiger partial charge on any atom is 0.201 e. The second-order valence-electron chi connectivity index (χ2n) is 4.49. The molecule has 0 radical (unpaired) electrons. The fourth-order valence-electron chi connectivity index (χ4n) is 2.33. The van der Waals surface area contributed by atoms with E-state index in [4.69, 9.17) is 4.74 Å². The molecule has 1 N–H and O–H groups in total. The molecular formula is C13H15BrN2O. The van der Waals surface area contributed by atoms with Gasteiger partial charge in [-0.05, 0) is 37.1 Å². The summed E-state index contributed by atoms with van der Waals surface area (Å²) in [6, 6.07) is 8.82. The fourth-order valence-corrected chi connectivity index (χ4v) is 2.60. The average Bonchev–Trinajstić information content (AvgIpc) is 3.00. The van der Waals surface area contributed by atoms with Gasteiger partial charge in [0.1, 0.15) is 12.6 Å². The van der Waals surface area contributed by atoms with E-state index < -0.39 is 0 Å². The molecule has 17 heavy (non-hydrogen) atoms. The van der Waals surface area contributed by atoms with E-state index in [0.29, 0.717) is 12.6 Å². The highest BCUT2D eigenvalue weighted by Gasteiger charge is 2.28. The van der Waals surface area contributed by atoms with Crippen LogP contribution in [0.4, 0.5) is 0 Å². The van der Waals surface area contributed by atoms with Crippen molar-refractivity contribution in [2.24, 2.45) is 4.99 Å². The van der Waals surface area contributed by atoms with Gasteiger partial charge >= 0.3 is 0 Å². The molecule has 3 rings (SSSR count). The lowest BCUT2D eigenvalue weighted by atomic mass is 10.1. The van der Waals surface area contributed by atoms with Crippen molar-refractivity contribution in [3.05, 3.63) is 34.3 Å². The van der Waals surface area contributed by atoms with E-state index in [2.05, 4.69) is 50.5 Å². The van der Waals surface area contributed by atoms with E-state index in [1.165, 1.54) is 12.0 Å². The molecule has 90 valence electrons. The van der Waals surface area contributed by atoms with Crippen LogP contribution < -0.4 is 5.32 Å². The smallest absolute Gasteiger partial charge is 0.201 e. The average molecular weight is 295 g/mol. The van der Waals surface area contributed by atoms with Gasteiger partial charge in [-0.1, -0.05) is 28.1 Å². The number of aliphatic imine (C=N–C) groups is 1. The van der Waals surface area contributed by atoms with Crippen molar-refractivity contribution in [3.8, 4) is 0 Å². The summed E-state index contributed by atoms with van der Waals surface area (Å²) in [6.07, 6.45) is 2.36. The van der Waals surface area contributed by atoms with Gasteiger partial charge in [-0.3, -0.25) is 0 Å². The van der Waals surface area contributed by atoms with E-state index in [-0.39, 0.29) is 6.04 Å². The molecule has 0 spiro atoms. The molecule has 0 aromatic heterocycles. The van der Waals surface area contributed by atoms with E-state index >= 15 is 0 Å². The van der Waals surface area contributed by atoms with Gasteiger partial charge in [0.25, 0.3) is 0 Å². The van der Waals surface area contributed by atoms with Crippen molar-refractivity contribution >= 4 is 21.8 Å². The summed E-state index contributed by atoms with van der Waals surface area (Å²) in [5.41, 5.74) is 1.22. The first-order valence-corrected chi connectivity index (χ1v) is 6.81. The summed E-state index contributed by atoms with van der Waals surface area (Å²) in [4.78, 5) is 4.69. The molecule has 1 aromatic carbocycles. The van der Waals surface area contributed by atoms with Crippen LogP contribution in [0.1, 0.15) is 24.4 Å². The monoisotopic (exact) mass is 294 g/mol. The highest BCUT2D eigenvalue weighted by atomic mass is 79.9. The van der Waals surface area contributed by atoms with Gasteiger partial charge in [0.2, 0.25) is 5.90 Å². The standard InChI is InChI=1S/C13H15BrN2O/c14-10-5-3-9(4-6-10)12-8-17-13(16-12)11-2-1-7-15-11/h3-6,11-12,15H,1-2,7-8H2. The van der Waals surface area contributed by atoms with Crippen molar-refractivity contribution in [2.75, 3.05) is 13.2 Å². The van der Waals surface area contributed by atoms with E-state index in [1.54, 1.807) is 0 Å². The quantitative estimate of drug-likeness (QED) is 0.910. The van der Waals surface area contributed by atoms with Crippen LogP contribution in [0.3, 0.4) is 0 Å². The molecule has 2 heterocycles. The Morgan fingerprint density at radius 2 is 2.12 bits per heavy atom. The zero-order valence-electron chi connectivity index (χ0n) is 9.53. The third-order valence-corrected chi connectivity index (χ3v) is 3.81. The van der Waals surface area contributed by atoms with Gasteiger partial charge in [-0.2, -0.15) is 0 Å². The third-order valence-electron chi connectivity index (χ3n) is 3.29. The predicted octanol–water partition coefficient (Wildman–Crippen LogP) is 2.67. The predicted molar refractivity (Wildman–Crippen MR) is 71.3 cm³/mol. The fraction of sp³-hybridized carbons (Fsp3) is 0.462. The minimum Gasteiger partial charge on any atom is -0.477 e. The van der Waals surface area contributed by atoms with Crippen LogP contribution >= 0.6 is 15.9 Å². The zero-order valence-corrected chi connectivity index (χ0v) is 11.1. The third kappa shape index (κ3) is 2.38. The largest absolute Gasteiger partial charge is 0.477 e. The van der Waals surface area contributed by atoms with E-state index in [0.717, 1.165) is 23.3 Å². The number of nitrogens with one attached hydrogen (secondary N) is 1. The number of nitrogens with zero attached hydrogens (tertiary/aromatic N) is 1. The molecule has 1 saturated heterocycles. The molecule has 1 fully saturated rings. The van der Waals surface area contributed by atoms with Crippen LogP contribution in [0, 0.1) is 0 Å². The summed E-state index contributed by atoms with van der Waals surface area (Å²) in [5, 5.41) is 3.42. The van der Waals surface area contributed by atoms with Crippen molar-refractivity contribution in [2.45, 2.75) is 24.9 Å². The first-order chi connectivity index (χ1) is 8.33. The van der Waals surface area contributed by atoms with Crippen molar-refractivity contribution in [3.63, 3.8) is 0 Å². The molecule has 2 aliphatic heterocycles. The highest BCUT2D eigenvalue weighted by molar-refractivity contribution is 9.10. The zero-order chi connectivity index (χ0) is 11.7. The number of halogens is 1. The highest BCUT2D eigenvalue weighted by Crippen LogP contribution is 2.26. The number of hydrogen-bond acceptors (Lipinski definition) is 3. The van der Waals surface area contributed by atoms with Crippen LogP contribution in [-0.2, 0) is 4.74 Å². The summed E-state index contributed by atoms with van der Waals surface area (Å²) in [5.74, 6) is 0.899. The van der Waals surface area contributed by atoms with Crippen LogP contribution in [0.2, 0.25) is 0 Å². The molecule has 4 heteroatoms. The Morgan fingerprint density at radius 1 is 1.29 bits per heavy atom. The Kier molecular flexibility index (Phi) is 3.16.